The van der Waals surface area contributed by atoms with Gasteiger partial charge in [-0.1, -0.05) is 18.2 Å². The van der Waals surface area contributed by atoms with E-state index in [9.17, 15) is 4.79 Å². The second-order valence-corrected chi connectivity index (χ2v) is 6.39. The Labute approximate surface area is 135 Å². The third-order valence-corrected chi connectivity index (χ3v) is 4.37. The summed E-state index contributed by atoms with van der Waals surface area (Å²) in [6.07, 6.45) is 2.07. The zero-order valence-electron chi connectivity index (χ0n) is 13.1. The zero-order valence-corrected chi connectivity index (χ0v) is 13.9. The van der Waals surface area contributed by atoms with E-state index >= 15 is 0 Å². The highest BCUT2D eigenvalue weighted by atomic mass is 32.1. The third kappa shape index (κ3) is 5.48. The van der Waals surface area contributed by atoms with Crippen molar-refractivity contribution in [2.75, 3.05) is 13.2 Å². The maximum atomic E-state index is 11.8. The molecule has 5 heteroatoms. The lowest BCUT2D eigenvalue weighted by molar-refractivity contribution is -0.121. The van der Waals surface area contributed by atoms with E-state index < -0.39 is 0 Å². The highest BCUT2D eigenvalue weighted by Crippen LogP contribution is 2.17. The van der Waals surface area contributed by atoms with Gasteiger partial charge in [-0.2, -0.15) is 0 Å². The lowest BCUT2D eigenvalue weighted by Gasteiger charge is -2.06. The number of hydrogen-bond acceptors (Lipinski definition) is 4. The van der Waals surface area contributed by atoms with E-state index in [1.807, 2.05) is 44.2 Å². The molecule has 0 unspecified atom stereocenters. The summed E-state index contributed by atoms with van der Waals surface area (Å²) in [7, 11) is 0. The fourth-order valence-electron chi connectivity index (χ4n) is 2.15. The van der Waals surface area contributed by atoms with Crippen molar-refractivity contribution in [3.05, 3.63) is 45.9 Å². The smallest absolute Gasteiger partial charge is 0.220 e. The van der Waals surface area contributed by atoms with Gasteiger partial charge in [0.05, 0.1) is 17.3 Å². The Morgan fingerprint density at radius 1 is 1.27 bits per heavy atom. The summed E-state index contributed by atoms with van der Waals surface area (Å²) in [6, 6.07) is 9.65. The number of carbonyl (C=O) groups is 1. The van der Waals surface area contributed by atoms with E-state index in [4.69, 9.17) is 4.74 Å². The number of aromatic nitrogens is 1. The Kier molecular flexibility index (Phi) is 6.40. The van der Waals surface area contributed by atoms with Crippen LogP contribution in [-0.2, 0) is 11.2 Å². The van der Waals surface area contributed by atoms with E-state index in [1.165, 1.54) is 4.88 Å². The highest BCUT2D eigenvalue weighted by Gasteiger charge is 2.06. The molecule has 0 bridgehead atoms. The molecule has 1 N–H and O–H groups in total. The Hall–Kier alpha value is -1.88. The Balaban J connectivity index is 1.57. The Morgan fingerprint density at radius 2 is 2.05 bits per heavy atom. The van der Waals surface area contributed by atoms with Crippen molar-refractivity contribution in [1.29, 1.82) is 0 Å². The molecule has 22 heavy (non-hydrogen) atoms. The topological polar surface area (TPSA) is 51.2 Å². The van der Waals surface area contributed by atoms with Crippen LogP contribution in [0.1, 0.15) is 28.4 Å². The first-order valence-corrected chi connectivity index (χ1v) is 8.34. The molecule has 2 aromatic rings. The molecule has 0 radical (unpaired) electrons. The van der Waals surface area contributed by atoms with Gasteiger partial charge in [0.1, 0.15) is 5.75 Å². The van der Waals surface area contributed by atoms with E-state index in [2.05, 4.69) is 10.3 Å². The van der Waals surface area contributed by atoms with Crippen LogP contribution in [0.5, 0.6) is 5.75 Å². The van der Waals surface area contributed by atoms with Gasteiger partial charge in [0.2, 0.25) is 5.91 Å². The fourth-order valence-corrected chi connectivity index (χ4v) is 3.09. The van der Waals surface area contributed by atoms with Crippen LogP contribution < -0.4 is 10.1 Å². The number of benzene rings is 1. The van der Waals surface area contributed by atoms with E-state index in [1.54, 1.807) is 11.3 Å². The number of para-hydroxylation sites is 1. The summed E-state index contributed by atoms with van der Waals surface area (Å²) in [5, 5.41) is 4.03. The van der Waals surface area contributed by atoms with Gasteiger partial charge in [-0.15, -0.1) is 11.3 Å². The Bertz CT molecular complexity index is 596. The molecule has 0 atom stereocenters. The van der Waals surface area contributed by atoms with E-state index in [-0.39, 0.29) is 5.91 Å². The number of hydrogen-bond donors (Lipinski definition) is 1. The molecule has 0 saturated carbocycles. The van der Waals surface area contributed by atoms with Crippen molar-refractivity contribution in [3.63, 3.8) is 0 Å². The standard InChI is InChI=1S/C17H22N2O2S/c1-13-16(22-14(2)19-13)10-11-18-17(20)9-6-12-21-15-7-4-3-5-8-15/h3-5,7-8H,6,9-12H2,1-2H3,(H,18,20). The van der Waals surface area contributed by atoms with Gasteiger partial charge in [-0.05, 0) is 32.4 Å². The molecule has 1 aromatic heterocycles. The average molecular weight is 318 g/mol. The maximum absolute atomic E-state index is 11.8. The SMILES string of the molecule is Cc1nc(C)c(CCNC(=O)CCCOc2ccccc2)s1. The monoisotopic (exact) mass is 318 g/mol. The number of amides is 1. The van der Waals surface area contributed by atoms with Gasteiger partial charge in [0.15, 0.2) is 0 Å². The zero-order chi connectivity index (χ0) is 15.8. The summed E-state index contributed by atoms with van der Waals surface area (Å²) in [5.41, 5.74) is 1.08. The first-order chi connectivity index (χ1) is 10.6. The molecule has 118 valence electrons. The number of thiazole rings is 1. The van der Waals surface area contributed by atoms with Crippen molar-refractivity contribution in [2.45, 2.75) is 33.1 Å². The molecule has 0 saturated heterocycles. The van der Waals surface area contributed by atoms with Crippen molar-refractivity contribution in [2.24, 2.45) is 0 Å². The van der Waals surface area contributed by atoms with Gasteiger partial charge in [-0.3, -0.25) is 4.79 Å². The molecule has 1 heterocycles. The van der Waals surface area contributed by atoms with E-state index in [0.717, 1.165) is 29.3 Å². The van der Waals surface area contributed by atoms with E-state index in [0.29, 0.717) is 19.6 Å². The molecule has 2 rings (SSSR count). The quantitative estimate of drug-likeness (QED) is 0.760. The normalized spacial score (nSPS) is 10.5. The second-order valence-electron chi connectivity index (χ2n) is 5.11. The summed E-state index contributed by atoms with van der Waals surface area (Å²) < 4.78 is 5.56. The molecule has 0 fully saturated rings. The maximum Gasteiger partial charge on any atom is 0.220 e. The van der Waals surface area contributed by atoms with Crippen LogP contribution in [0.4, 0.5) is 0 Å². The third-order valence-electron chi connectivity index (χ3n) is 3.23. The van der Waals surface area contributed by atoms with Crippen LogP contribution in [0.2, 0.25) is 0 Å². The lowest BCUT2D eigenvalue weighted by Crippen LogP contribution is -2.25. The largest absolute Gasteiger partial charge is 0.494 e. The summed E-state index contributed by atoms with van der Waals surface area (Å²) in [4.78, 5) is 17.4. The van der Waals surface area contributed by atoms with Crippen molar-refractivity contribution in [1.82, 2.24) is 10.3 Å². The molecule has 0 aliphatic heterocycles. The summed E-state index contributed by atoms with van der Waals surface area (Å²) in [6.45, 7) is 5.25. The number of ether oxygens (including phenoxy) is 1. The van der Waals surface area contributed by atoms with Crippen LogP contribution in [0.25, 0.3) is 0 Å². The molecule has 0 aliphatic carbocycles. The minimum atomic E-state index is 0.0792. The number of carbonyl (C=O) groups excluding carboxylic acids is 1. The van der Waals surface area contributed by atoms with Crippen LogP contribution in [0, 0.1) is 13.8 Å². The molecule has 0 aliphatic rings. The van der Waals surface area contributed by atoms with Gasteiger partial charge in [0.25, 0.3) is 0 Å². The van der Waals surface area contributed by atoms with Gasteiger partial charge >= 0.3 is 0 Å². The fraction of sp³-hybridized carbons (Fsp3) is 0.412. The Morgan fingerprint density at radius 3 is 2.73 bits per heavy atom. The van der Waals surface area contributed by atoms with Crippen LogP contribution in [-0.4, -0.2) is 24.0 Å². The summed E-state index contributed by atoms with van der Waals surface area (Å²) >= 11 is 1.70. The van der Waals surface area contributed by atoms with Crippen molar-refractivity contribution < 1.29 is 9.53 Å². The first kappa shape index (κ1) is 16.5. The predicted molar refractivity (Wildman–Crippen MR) is 89.5 cm³/mol. The number of nitrogens with one attached hydrogen (secondary N) is 1. The van der Waals surface area contributed by atoms with Crippen molar-refractivity contribution in [3.8, 4) is 5.75 Å². The van der Waals surface area contributed by atoms with Crippen LogP contribution >= 0.6 is 11.3 Å². The summed E-state index contributed by atoms with van der Waals surface area (Å²) in [5.74, 6) is 0.925. The van der Waals surface area contributed by atoms with Gasteiger partial charge < -0.3 is 10.1 Å². The molecule has 1 amide bonds. The molecular weight excluding hydrogens is 296 g/mol. The molecule has 0 spiro atoms. The first-order valence-electron chi connectivity index (χ1n) is 7.52. The number of rotatable bonds is 8. The van der Waals surface area contributed by atoms with Crippen LogP contribution in [0.15, 0.2) is 30.3 Å². The minimum Gasteiger partial charge on any atom is -0.494 e. The average Bonchev–Trinajstić information content (AvgIpc) is 2.83. The molecule has 1 aromatic carbocycles. The predicted octanol–water partition coefficient (Wildman–Crippen LogP) is 3.28. The van der Waals surface area contributed by atoms with Gasteiger partial charge in [-0.25, -0.2) is 4.98 Å². The van der Waals surface area contributed by atoms with Gasteiger partial charge in [0, 0.05) is 24.3 Å². The number of aryl methyl sites for hydroxylation is 2. The minimum absolute atomic E-state index is 0.0792. The highest BCUT2D eigenvalue weighted by molar-refractivity contribution is 7.11. The molecule has 4 nitrogen and oxygen atoms in total. The molecular formula is C17H22N2O2S. The van der Waals surface area contributed by atoms with Crippen molar-refractivity contribution >= 4 is 17.2 Å². The second kappa shape index (κ2) is 8.54. The van der Waals surface area contributed by atoms with Crippen LogP contribution in [0.3, 0.4) is 0 Å². The lowest BCUT2D eigenvalue weighted by atomic mass is 10.2. The number of nitrogens with zero attached hydrogens (tertiary/aromatic N) is 1.